The van der Waals surface area contributed by atoms with Gasteiger partial charge in [0.1, 0.15) is 11.6 Å². The second kappa shape index (κ2) is 7.16. The van der Waals surface area contributed by atoms with Crippen LogP contribution < -0.4 is 11.1 Å². The fourth-order valence-corrected chi connectivity index (χ4v) is 2.42. The zero-order valence-electron chi connectivity index (χ0n) is 14.2. The van der Waals surface area contributed by atoms with Crippen molar-refractivity contribution in [2.45, 2.75) is 26.8 Å². The number of primary amides is 1. The van der Waals surface area contributed by atoms with Gasteiger partial charge in [0.2, 0.25) is 5.91 Å². The van der Waals surface area contributed by atoms with Crippen LogP contribution >= 0.6 is 0 Å². The van der Waals surface area contributed by atoms with Crippen LogP contribution in [0.5, 0.6) is 0 Å². The smallest absolute Gasteiger partial charge is 0.339 e. The number of carbonyl (C=O) groups is 3. The normalized spacial score (nSPS) is 12.0. The number of nitrogens with two attached hydrogens (primary N) is 1. The number of aromatic carboxylic acids is 1. The molecule has 0 aliphatic carbocycles. The molecule has 0 radical (unpaired) electrons. The summed E-state index contributed by atoms with van der Waals surface area (Å²) in [4.78, 5) is 34.7. The van der Waals surface area contributed by atoms with Crippen molar-refractivity contribution in [3.8, 4) is 5.69 Å². The third-order valence-electron chi connectivity index (χ3n) is 3.87. The maximum atomic E-state index is 12.3. The average Bonchev–Trinajstić information content (AvgIpc) is 2.93. The summed E-state index contributed by atoms with van der Waals surface area (Å²) in [5.74, 6) is -2.17. The van der Waals surface area contributed by atoms with Gasteiger partial charge in [-0.05, 0) is 37.1 Å². The van der Waals surface area contributed by atoms with Crippen molar-refractivity contribution < 1.29 is 19.5 Å². The second-order valence-corrected chi connectivity index (χ2v) is 6.01. The standard InChI is InChI=1S/C17H20N4O4/c1-9(2)14(15(18)22)20-16(23)11-4-6-12(7-5-11)21-10(3)13(8-19-21)17(24)25/h4-9,14H,1-3H3,(H2,18,22)(H,20,23)(H,24,25). The zero-order chi connectivity index (χ0) is 18.7. The molecule has 132 valence electrons. The van der Waals surface area contributed by atoms with E-state index < -0.39 is 23.8 Å². The van der Waals surface area contributed by atoms with Crippen molar-refractivity contribution in [1.82, 2.24) is 15.1 Å². The van der Waals surface area contributed by atoms with Gasteiger partial charge in [-0.3, -0.25) is 9.59 Å². The molecule has 0 aliphatic rings. The summed E-state index contributed by atoms with van der Waals surface area (Å²) in [7, 11) is 0. The van der Waals surface area contributed by atoms with E-state index in [0.717, 1.165) is 0 Å². The largest absolute Gasteiger partial charge is 0.478 e. The molecule has 0 spiro atoms. The third-order valence-corrected chi connectivity index (χ3v) is 3.87. The highest BCUT2D eigenvalue weighted by Gasteiger charge is 2.22. The third kappa shape index (κ3) is 3.85. The van der Waals surface area contributed by atoms with Gasteiger partial charge in [-0.15, -0.1) is 0 Å². The lowest BCUT2D eigenvalue weighted by molar-refractivity contribution is -0.120. The van der Waals surface area contributed by atoms with Crippen LogP contribution in [0, 0.1) is 12.8 Å². The number of nitrogens with one attached hydrogen (secondary N) is 1. The molecule has 1 unspecified atom stereocenters. The monoisotopic (exact) mass is 344 g/mol. The van der Waals surface area contributed by atoms with Crippen LogP contribution in [0.2, 0.25) is 0 Å². The minimum atomic E-state index is -1.05. The van der Waals surface area contributed by atoms with E-state index in [4.69, 9.17) is 10.8 Å². The van der Waals surface area contributed by atoms with Crippen LogP contribution in [0.15, 0.2) is 30.5 Å². The Labute approximate surface area is 144 Å². The average molecular weight is 344 g/mol. The Morgan fingerprint density at radius 2 is 1.80 bits per heavy atom. The minimum absolute atomic E-state index is 0.114. The van der Waals surface area contributed by atoms with Gasteiger partial charge < -0.3 is 16.2 Å². The zero-order valence-corrected chi connectivity index (χ0v) is 14.2. The van der Waals surface area contributed by atoms with Gasteiger partial charge in [-0.25, -0.2) is 9.48 Å². The van der Waals surface area contributed by atoms with Crippen LogP contribution in [0.1, 0.15) is 40.3 Å². The van der Waals surface area contributed by atoms with E-state index in [1.54, 1.807) is 45.0 Å². The quantitative estimate of drug-likeness (QED) is 0.723. The number of hydrogen-bond acceptors (Lipinski definition) is 4. The molecule has 2 amide bonds. The van der Waals surface area contributed by atoms with E-state index in [9.17, 15) is 14.4 Å². The minimum Gasteiger partial charge on any atom is -0.478 e. The van der Waals surface area contributed by atoms with Gasteiger partial charge in [0.15, 0.2) is 0 Å². The summed E-state index contributed by atoms with van der Waals surface area (Å²) in [5, 5.41) is 15.7. The Bertz CT molecular complexity index is 809. The molecule has 2 aromatic rings. The summed E-state index contributed by atoms with van der Waals surface area (Å²) < 4.78 is 1.48. The SMILES string of the molecule is Cc1c(C(=O)O)cnn1-c1ccc(C(=O)NC(C(N)=O)C(C)C)cc1. The fourth-order valence-electron chi connectivity index (χ4n) is 2.42. The van der Waals surface area contributed by atoms with Crippen LogP contribution in [-0.2, 0) is 4.79 Å². The first-order chi connectivity index (χ1) is 11.7. The van der Waals surface area contributed by atoms with E-state index in [1.165, 1.54) is 10.9 Å². The molecule has 1 atom stereocenters. The lowest BCUT2D eigenvalue weighted by Gasteiger charge is -2.19. The highest BCUT2D eigenvalue weighted by Crippen LogP contribution is 2.15. The molecule has 1 aromatic heterocycles. The van der Waals surface area contributed by atoms with E-state index in [0.29, 0.717) is 16.9 Å². The van der Waals surface area contributed by atoms with Crippen molar-refractivity contribution in [3.63, 3.8) is 0 Å². The Hall–Kier alpha value is -3.16. The topological polar surface area (TPSA) is 127 Å². The molecule has 25 heavy (non-hydrogen) atoms. The summed E-state index contributed by atoms with van der Waals surface area (Å²) >= 11 is 0. The molecular weight excluding hydrogens is 324 g/mol. The summed E-state index contributed by atoms with van der Waals surface area (Å²) in [5.41, 5.74) is 6.87. The first kappa shape index (κ1) is 18.2. The van der Waals surface area contributed by atoms with Crippen LogP contribution in [0.25, 0.3) is 5.69 Å². The number of hydrogen-bond donors (Lipinski definition) is 3. The molecule has 0 aliphatic heterocycles. The predicted molar refractivity (Wildman–Crippen MR) is 90.5 cm³/mol. The molecule has 1 heterocycles. The number of carboxylic acids is 1. The van der Waals surface area contributed by atoms with E-state index in [1.807, 2.05) is 0 Å². The molecule has 2 rings (SSSR count). The number of amides is 2. The second-order valence-electron chi connectivity index (χ2n) is 6.01. The number of nitrogens with zero attached hydrogens (tertiary/aromatic N) is 2. The first-order valence-electron chi connectivity index (χ1n) is 7.71. The van der Waals surface area contributed by atoms with Crippen molar-refractivity contribution in [2.24, 2.45) is 11.7 Å². The maximum Gasteiger partial charge on any atom is 0.339 e. The molecule has 8 nitrogen and oxygen atoms in total. The maximum absolute atomic E-state index is 12.3. The number of aromatic nitrogens is 2. The Morgan fingerprint density at radius 1 is 1.20 bits per heavy atom. The number of carbonyl (C=O) groups excluding carboxylic acids is 2. The van der Waals surface area contributed by atoms with E-state index >= 15 is 0 Å². The van der Waals surface area contributed by atoms with Crippen LogP contribution in [-0.4, -0.2) is 38.7 Å². The Morgan fingerprint density at radius 3 is 2.24 bits per heavy atom. The number of benzene rings is 1. The van der Waals surface area contributed by atoms with Gasteiger partial charge in [0.05, 0.1) is 17.6 Å². The number of rotatable bonds is 6. The van der Waals surface area contributed by atoms with Gasteiger partial charge in [-0.1, -0.05) is 13.8 Å². The lowest BCUT2D eigenvalue weighted by atomic mass is 10.0. The molecule has 8 heteroatoms. The van der Waals surface area contributed by atoms with Gasteiger partial charge in [-0.2, -0.15) is 5.10 Å². The van der Waals surface area contributed by atoms with Crippen molar-refractivity contribution >= 4 is 17.8 Å². The predicted octanol–water partition coefficient (Wildman–Crippen LogP) is 1.12. The molecule has 0 saturated carbocycles. The van der Waals surface area contributed by atoms with Gasteiger partial charge in [0.25, 0.3) is 5.91 Å². The highest BCUT2D eigenvalue weighted by atomic mass is 16.4. The van der Waals surface area contributed by atoms with E-state index in [2.05, 4.69) is 10.4 Å². The Kier molecular flexibility index (Phi) is 5.21. The summed E-state index contributed by atoms with van der Waals surface area (Å²) in [6, 6.07) is 5.69. The summed E-state index contributed by atoms with van der Waals surface area (Å²) in [6.45, 7) is 5.23. The first-order valence-corrected chi connectivity index (χ1v) is 7.71. The van der Waals surface area contributed by atoms with E-state index in [-0.39, 0.29) is 11.5 Å². The Balaban J connectivity index is 2.21. The van der Waals surface area contributed by atoms with Gasteiger partial charge >= 0.3 is 5.97 Å². The van der Waals surface area contributed by atoms with Crippen molar-refractivity contribution in [2.75, 3.05) is 0 Å². The van der Waals surface area contributed by atoms with Crippen molar-refractivity contribution in [1.29, 1.82) is 0 Å². The molecule has 0 fully saturated rings. The van der Waals surface area contributed by atoms with Crippen LogP contribution in [0.4, 0.5) is 0 Å². The molecule has 0 saturated heterocycles. The lowest BCUT2D eigenvalue weighted by Crippen LogP contribution is -2.47. The van der Waals surface area contributed by atoms with Crippen molar-refractivity contribution in [3.05, 3.63) is 47.3 Å². The molecular formula is C17H20N4O4. The molecule has 1 aromatic carbocycles. The van der Waals surface area contributed by atoms with Crippen LogP contribution in [0.3, 0.4) is 0 Å². The summed E-state index contributed by atoms with van der Waals surface area (Å²) in [6.07, 6.45) is 1.28. The highest BCUT2D eigenvalue weighted by molar-refractivity contribution is 5.97. The molecule has 0 bridgehead atoms. The van der Waals surface area contributed by atoms with Gasteiger partial charge in [0, 0.05) is 5.56 Å². The fraction of sp³-hybridized carbons (Fsp3) is 0.294. The molecule has 4 N–H and O–H groups in total. The number of carboxylic acid groups (broad SMARTS) is 1.